The Labute approximate surface area is 105 Å². The van der Waals surface area contributed by atoms with Crippen molar-refractivity contribution in [3.8, 4) is 0 Å². The van der Waals surface area contributed by atoms with Crippen LogP contribution in [0, 0.1) is 5.92 Å². The number of H-pyrrole nitrogens is 1. The Morgan fingerprint density at radius 1 is 1.50 bits per heavy atom. The molecule has 1 aliphatic heterocycles. The van der Waals surface area contributed by atoms with Gasteiger partial charge in [-0.15, -0.1) is 0 Å². The SMILES string of the molecule is CC(C)Cc1noc(C2Cc3nc[nH]c3CN2)n1. The molecule has 1 aliphatic rings. The summed E-state index contributed by atoms with van der Waals surface area (Å²) in [7, 11) is 0. The van der Waals surface area contributed by atoms with Gasteiger partial charge >= 0.3 is 0 Å². The molecule has 0 aromatic carbocycles. The highest BCUT2D eigenvalue weighted by atomic mass is 16.5. The molecule has 6 heteroatoms. The molecule has 0 saturated heterocycles. The molecule has 0 aliphatic carbocycles. The van der Waals surface area contributed by atoms with Crippen LogP contribution < -0.4 is 5.32 Å². The van der Waals surface area contributed by atoms with E-state index in [9.17, 15) is 0 Å². The molecule has 0 spiro atoms. The van der Waals surface area contributed by atoms with Gasteiger partial charge in [0.25, 0.3) is 0 Å². The molecule has 1 atom stereocenters. The highest BCUT2D eigenvalue weighted by Crippen LogP contribution is 2.22. The average Bonchev–Trinajstić information content (AvgIpc) is 2.95. The number of rotatable bonds is 3. The average molecular weight is 247 g/mol. The monoisotopic (exact) mass is 247 g/mol. The molecule has 96 valence electrons. The minimum absolute atomic E-state index is 0.0780. The summed E-state index contributed by atoms with van der Waals surface area (Å²) in [6.07, 6.45) is 3.37. The van der Waals surface area contributed by atoms with Crippen molar-refractivity contribution in [2.45, 2.75) is 39.3 Å². The highest BCUT2D eigenvalue weighted by molar-refractivity contribution is 5.17. The van der Waals surface area contributed by atoms with Gasteiger partial charge in [-0.3, -0.25) is 5.32 Å². The molecule has 2 aromatic rings. The van der Waals surface area contributed by atoms with Crippen LogP contribution in [0.25, 0.3) is 0 Å². The Kier molecular flexibility index (Phi) is 2.87. The first-order valence-corrected chi connectivity index (χ1v) is 6.29. The summed E-state index contributed by atoms with van der Waals surface area (Å²) < 4.78 is 5.34. The maximum atomic E-state index is 5.34. The third-order valence-corrected chi connectivity index (χ3v) is 3.10. The number of hydrogen-bond acceptors (Lipinski definition) is 5. The maximum Gasteiger partial charge on any atom is 0.244 e. The van der Waals surface area contributed by atoms with E-state index in [0.29, 0.717) is 11.8 Å². The van der Waals surface area contributed by atoms with Crippen molar-refractivity contribution >= 4 is 0 Å². The summed E-state index contributed by atoms with van der Waals surface area (Å²) >= 11 is 0. The Balaban J connectivity index is 1.74. The van der Waals surface area contributed by atoms with Crippen molar-refractivity contribution in [1.29, 1.82) is 0 Å². The third-order valence-electron chi connectivity index (χ3n) is 3.10. The largest absolute Gasteiger partial charge is 0.347 e. The minimum atomic E-state index is 0.0780. The minimum Gasteiger partial charge on any atom is -0.347 e. The van der Waals surface area contributed by atoms with Crippen LogP contribution in [-0.4, -0.2) is 20.1 Å². The van der Waals surface area contributed by atoms with Crippen molar-refractivity contribution in [2.75, 3.05) is 0 Å². The zero-order valence-corrected chi connectivity index (χ0v) is 10.6. The van der Waals surface area contributed by atoms with Gasteiger partial charge in [0.15, 0.2) is 5.82 Å². The van der Waals surface area contributed by atoms with Crippen molar-refractivity contribution in [3.63, 3.8) is 0 Å². The Morgan fingerprint density at radius 2 is 2.39 bits per heavy atom. The lowest BCUT2D eigenvalue weighted by molar-refractivity contribution is 0.316. The van der Waals surface area contributed by atoms with Gasteiger partial charge in [-0.1, -0.05) is 19.0 Å². The number of nitrogens with one attached hydrogen (secondary N) is 2. The molecule has 0 saturated carbocycles. The van der Waals surface area contributed by atoms with Crippen LogP contribution in [0.3, 0.4) is 0 Å². The fraction of sp³-hybridized carbons (Fsp3) is 0.583. The molecule has 18 heavy (non-hydrogen) atoms. The van der Waals surface area contributed by atoms with Crippen molar-refractivity contribution in [1.82, 2.24) is 25.4 Å². The second kappa shape index (κ2) is 4.53. The van der Waals surface area contributed by atoms with E-state index < -0.39 is 0 Å². The van der Waals surface area contributed by atoms with Gasteiger partial charge in [-0.05, 0) is 5.92 Å². The second-order valence-electron chi connectivity index (χ2n) is 5.11. The molecule has 2 N–H and O–H groups in total. The van der Waals surface area contributed by atoms with Gasteiger partial charge in [0.1, 0.15) is 0 Å². The number of hydrogen-bond donors (Lipinski definition) is 2. The van der Waals surface area contributed by atoms with Crippen LogP contribution in [0.5, 0.6) is 0 Å². The first kappa shape index (κ1) is 11.4. The van der Waals surface area contributed by atoms with Crippen molar-refractivity contribution < 1.29 is 4.52 Å². The van der Waals surface area contributed by atoms with E-state index >= 15 is 0 Å². The highest BCUT2D eigenvalue weighted by Gasteiger charge is 2.25. The summed E-state index contributed by atoms with van der Waals surface area (Å²) in [6, 6.07) is 0.0780. The van der Waals surface area contributed by atoms with E-state index in [1.807, 2.05) is 0 Å². The summed E-state index contributed by atoms with van der Waals surface area (Å²) in [6.45, 7) is 5.05. The summed E-state index contributed by atoms with van der Waals surface area (Å²) in [5.41, 5.74) is 2.23. The lowest BCUT2D eigenvalue weighted by atomic mass is 10.1. The van der Waals surface area contributed by atoms with Gasteiger partial charge in [-0.25, -0.2) is 4.98 Å². The number of aromatic amines is 1. The Hall–Kier alpha value is -1.69. The van der Waals surface area contributed by atoms with Crippen LogP contribution in [0.4, 0.5) is 0 Å². The topological polar surface area (TPSA) is 79.6 Å². The normalized spacial score (nSPS) is 19.2. The molecule has 3 heterocycles. The van der Waals surface area contributed by atoms with Crippen LogP contribution in [-0.2, 0) is 19.4 Å². The van der Waals surface area contributed by atoms with E-state index in [1.54, 1.807) is 6.33 Å². The quantitative estimate of drug-likeness (QED) is 0.856. The first-order valence-electron chi connectivity index (χ1n) is 6.29. The van der Waals surface area contributed by atoms with Gasteiger partial charge in [0, 0.05) is 19.4 Å². The van der Waals surface area contributed by atoms with Gasteiger partial charge in [0.2, 0.25) is 5.89 Å². The standard InChI is InChI=1S/C12H17N5O/c1-7(2)3-11-16-12(18-17-11)9-4-8-10(5-13-9)15-6-14-8/h6-7,9,13H,3-5H2,1-2H3,(H,14,15). The van der Waals surface area contributed by atoms with Gasteiger partial charge in [0.05, 0.1) is 23.8 Å². The predicted octanol–water partition coefficient (Wildman–Crippen LogP) is 1.38. The predicted molar refractivity (Wildman–Crippen MR) is 64.7 cm³/mol. The molecule has 0 fully saturated rings. The van der Waals surface area contributed by atoms with E-state index in [0.717, 1.165) is 36.6 Å². The van der Waals surface area contributed by atoms with Crippen LogP contribution in [0.15, 0.2) is 10.9 Å². The van der Waals surface area contributed by atoms with E-state index in [2.05, 4.69) is 39.3 Å². The Bertz CT molecular complexity index is 530. The molecule has 6 nitrogen and oxygen atoms in total. The molecule has 3 rings (SSSR count). The molecular weight excluding hydrogens is 230 g/mol. The lowest BCUT2D eigenvalue weighted by Crippen LogP contribution is -2.28. The molecule has 0 bridgehead atoms. The van der Waals surface area contributed by atoms with Gasteiger partial charge in [-0.2, -0.15) is 4.98 Å². The lowest BCUT2D eigenvalue weighted by Gasteiger charge is -2.19. The van der Waals surface area contributed by atoms with E-state index in [1.165, 1.54) is 0 Å². The number of imidazole rings is 1. The van der Waals surface area contributed by atoms with Gasteiger partial charge < -0.3 is 9.51 Å². The molecule has 1 unspecified atom stereocenters. The maximum absolute atomic E-state index is 5.34. The smallest absolute Gasteiger partial charge is 0.244 e. The summed E-state index contributed by atoms with van der Waals surface area (Å²) in [5, 5.41) is 7.40. The first-order chi connectivity index (χ1) is 8.72. The van der Waals surface area contributed by atoms with Crippen LogP contribution >= 0.6 is 0 Å². The number of fused-ring (bicyclic) bond motifs is 1. The van der Waals surface area contributed by atoms with Crippen LogP contribution in [0.1, 0.15) is 43.0 Å². The molecule has 0 radical (unpaired) electrons. The zero-order valence-electron chi connectivity index (χ0n) is 10.6. The second-order valence-corrected chi connectivity index (χ2v) is 5.11. The van der Waals surface area contributed by atoms with Crippen molar-refractivity contribution in [2.24, 2.45) is 5.92 Å². The fourth-order valence-electron chi connectivity index (χ4n) is 2.20. The fourth-order valence-corrected chi connectivity index (χ4v) is 2.20. The van der Waals surface area contributed by atoms with Crippen molar-refractivity contribution in [3.05, 3.63) is 29.4 Å². The molecule has 2 aromatic heterocycles. The molecule has 0 amide bonds. The third kappa shape index (κ3) is 2.15. The molecular formula is C12H17N5O. The number of nitrogens with zero attached hydrogens (tertiary/aromatic N) is 3. The summed E-state index contributed by atoms with van der Waals surface area (Å²) in [5.74, 6) is 1.99. The zero-order chi connectivity index (χ0) is 12.5. The summed E-state index contributed by atoms with van der Waals surface area (Å²) in [4.78, 5) is 11.9. The van der Waals surface area contributed by atoms with E-state index in [-0.39, 0.29) is 6.04 Å². The van der Waals surface area contributed by atoms with E-state index in [4.69, 9.17) is 4.52 Å². The Morgan fingerprint density at radius 3 is 3.22 bits per heavy atom. The van der Waals surface area contributed by atoms with Crippen LogP contribution in [0.2, 0.25) is 0 Å². The number of aromatic nitrogens is 4.